The standard InChI is InChI=1S/C18H24N2O5S/c1-13(2)12-25-15-6-4-14(5-7-15)19-18(26)20-16(21)8-9-17(22)24-11-10-23-3/h4-7H,1,8-12H2,2-3H3,(H2,19,20,21,26). The summed E-state index contributed by atoms with van der Waals surface area (Å²) in [7, 11) is 1.51. The molecule has 1 aromatic carbocycles. The third-order valence-corrected chi connectivity index (χ3v) is 3.16. The zero-order chi connectivity index (χ0) is 19.4. The molecule has 1 rings (SSSR count). The number of benzene rings is 1. The lowest BCUT2D eigenvalue weighted by Gasteiger charge is -2.11. The monoisotopic (exact) mass is 380 g/mol. The second-order valence-corrected chi connectivity index (χ2v) is 5.89. The number of anilines is 1. The van der Waals surface area contributed by atoms with E-state index in [1.807, 2.05) is 6.92 Å². The number of hydrogen-bond donors (Lipinski definition) is 2. The number of carbonyl (C=O) groups is 2. The van der Waals surface area contributed by atoms with Gasteiger partial charge in [-0.15, -0.1) is 0 Å². The first kappa shape index (κ1) is 21.6. The molecule has 0 spiro atoms. The molecular formula is C18H24N2O5S. The van der Waals surface area contributed by atoms with Crippen molar-refractivity contribution < 1.29 is 23.8 Å². The van der Waals surface area contributed by atoms with Gasteiger partial charge >= 0.3 is 5.97 Å². The van der Waals surface area contributed by atoms with E-state index in [1.165, 1.54) is 7.11 Å². The van der Waals surface area contributed by atoms with E-state index in [0.29, 0.717) is 24.7 Å². The van der Waals surface area contributed by atoms with Crippen molar-refractivity contribution in [2.45, 2.75) is 19.8 Å². The molecule has 0 heterocycles. The predicted octanol–water partition coefficient (Wildman–Crippen LogP) is 2.42. The Kier molecular flexibility index (Phi) is 9.96. The van der Waals surface area contributed by atoms with Gasteiger partial charge in [0, 0.05) is 19.2 Å². The molecule has 2 N–H and O–H groups in total. The third kappa shape index (κ3) is 9.75. The molecule has 7 nitrogen and oxygen atoms in total. The fraction of sp³-hybridized carbons (Fsp3) is 0.389. The van der Waals surface area contributed by atoms with Gasteiger partial charge in [0.1, 0.15) is 19.0 Å². The largest absolute Gasteiger partial charge is 0.489 e. The topological polar surface area (TPSA) is 85.9 Å². The van der Waals surface area contributed by atoms with Crippen molar-refractivity contribution in [3.63, 3.8) is 0 Å². The zero-order valence-corrected chi connectivity index (χ0v) is 15.8. The number of esters is 1. The highest BCUT2D eigenvalue weighted by molar-refractivity contribution is 7.80. The number of nitrogens with one attached hydrogen (secondary N) is 2. The van der Waals surface area contributed by atoms with Crippen LogP contribution < -0.4 is 15.4 Å². The second kappa shape index (κ2) is 12.0. The van der Waals surface area contributed by atoms with Gasteiger partial charge in [-0.3, -0.25) is 9.59 Å². The molecule has 0 fully saturated rings. The Morgan fingerprint density at radius 3 is 2.46 bits per heavy atom. The van der Waals surface area contributed by atoms with Crippen LogP contribution in [-0.2, 0) is 19.1 Å². The summed E-state index contributed by atoms with van der Waals surface area (Å²) in [5.41, 5.74) is 1.63. The van der Waals surface area contributed by atoms with Crippen molar-refractivity contribution in [3.05, 3.63) is 36.4 Å². The zero-order valence-electron chi connectivity index (χ0n) is 15.0. The Labute approximate surface area is 158 Å². The highest BCUT2D eigenvalue weighted by atomic mass is 32.1. The van der Waals surface area contributed by atoms with E-state index < -0.39 is 5.97 Å². The van der Waals surface area contributed by atoms with E-state index in [1.54, 1.807) is 24.3 Å². The fourth-order valence-corrected chi connectivity index (χ4v) is 1.95. The Balaban J connectivity index is 2.31. The molecule has 0 aliphatic heterocycles. The highest BCUT2D eigenvalue weighted by Gasteiger charge is 2.09. The number of ether oxygens (including phenoxy) is 3. The summed E-state index contributed by atoms with van der Waals surface area (Å²) in [6.45, 7) is 6.60. The normalized spacial score (nSPS) is 9.92. The number of hydrogen-bond acceptors (Lipinski definition) is 6. The summed E-state index contributed by atoms with van der Waals surface area (Å²) in [6.07, 6.45) is -0.0335. The van der Waals surface area contributed by atoms with Crippen molar-refractivity contribution >= 4 is 34.9 Å². The van der Waals surface area contributed by atoms with Crippen LogP contribution in [0.2, 0.25) is 0 Å². The van der Waals surface area contributed by atoms with Crippen LogP contribution in [0.4, 0.5) is 5.69 Å². The van der Waals surface area contributed by atoms with Crippen molar-refractivity contribution in [1.29, 1.82) is 0 Å². The maximum Gasteiger partial charge on any atom is 0.306 e. The molecule has 0 unspecified atom stereocenters. The third-order valence-electron chi connectivity index (χ3n) is 2.96. The van der Waals surface area contributed by atoms with Gasteiger partial charge in [0.05, 0.1) is 13.0 Å². The molecular weight excluding hydrogens is 356 g/mol. The molecule has 0 saturated carbocycles. The fourth-order valence-electron chi connectivity index (χ4n) is 1.72. The van der Waals surface area contributed by atoms with Crippen LogP contribution in [0.25, 0.3) is 0 Å². The number of thiocarbonyl (C=S) groups is 1. The maximum absolute atomic E-state index is 11.8. The maximum atomic E-state index is 11.8. The van der Waals surface area contributed by atoms with Crippen LogP contribution in [0.5, 0.6) is 5.75 Å². The van der Waals surface area contributed by atoms with Crippen LogP contribution in [0, 0.1) is 0 Å². The average Bonchev–Trinajstić information content (AvgIpc) is 2.59. The minimum absolute atomic E-state index is 0.0126. The first-order valence-electron chi connectivity index (χ1n) is 8.03. The van der Waals surface area contributed by atoms with Crippen molar-refractivity contribution in [1.82, 2.24) is 5.32 Å². The summed E-state index contributed by atoms with van der Waals surface area (Å²) >= 11 is 5.08. The summed E-state index contributed by atoms with van der Waals surface area (Å²) in [4.78, 5) is 23.2. The van der Waals surface area contributed by atoms with Gasteiger partial charge in [-0.2, -0.15) is 0 Å². The first-order valence-corrected chi connectivity index (χ1v) is 8.44. The van der Waals surface area contributed by atoms with Gasteiger partial charge in [0.2, 0.25) is 5.91 Å². The lowest BCUT2D eigenvalue weighted by Crippen LogP contribution is -2.34. The van der Waals surface area contributed by atoms with Crippen molar-refractivity contribution in [2.24, 2.45) is 0 Å². The van der Waals surface area contributed by atoms with Crippen molar-refractivity contribution in [3.8, 4) is 5.75 Å². The van der Waals surface area contributed by atoms with Gasteiger partial charge in [0.25, 0.3) is 0 Å². The Bertz CT molecular complexity index is 631. The Morgan fingerprint density at radius 1 is 1.15 bits per heavy atom. The minimum Gasteiger partial charge on any atom is -0.489 e. The number of methoxy groups -OCH3 is 1. The Hall–Kier alpha value is -2.45. The lowest BCUT2D eigenvalue weighted by atomic mass is 10.3. The SMILES string of the molecule is C=C(C)COc1ccc(NC(=S)NC(=O)CCC(=O)OCCOC)cc1. The Morgan fingerprint density at radius 2 is 1.85 bits per heavy atom. The van der Waals surface area contributed by atoms with E-state index in [0.717, 1.165) is 5.57 Å². The van der Waals surface area contributed by atoms with Gasteiger partial charge in [-0.1, -0.05) is 6.58 Å². The molecule has 0 radical (unpaired) electrons. The smallest absolute Gasteiger partial charge is 0.306 e. The van der Waals surface area contributed by atoms with Crippen LogP contribution in [0.15, 0.2) is 36.4 Å². The van der Waals surface area contributed by atoms with E-state index in [9.17, 15) is 9.59 Å². The minimum atomic E-state index is -0.457. The second-order valence-electron chi connectivity index (χ2n) is 5.49. The number of rotatable bonds is 10. The summed E-state index contributed by atoms with van der Waals surface area (Å²) in [5.74, 6) is -0.116. The summed E-state index contributed by atoms with van der Waals surface area (Å²) < 4.78 is 15.1. The van der Waals surface area contributed by atoms with E-state index >= 15 is 0 Å². The number of amides is 1. The molecule has 0 bridgehead atoms. The molecule has 0 atom stereocenters. The molecule has 0 aliphatic rings. The van der Waals surface area contributed by atoms with Gasteiger partial charge in [0.15, 0.2) is 5.11 Å². The summed E-state index contributed by atoms with van der Waals surface area (Å²) in [5, 5.41) is 5.55. The molecule has 0 aliphatic carbocycles. The molecule has 26 heavy (non-hydrogen) atoms. The quantitative estimate of drug-likeness (QED) is 0.279. The van der Waals surface area contributed by atoms with Crippen LogP contribution in [0.1, 0.15) is 19.8 Å². The predicted molar refractivity (Wildman–Crippen MR) is 103 cm³/mol. The van der Waals surface area contributed by atoms with Crippen LogP contribution >= 0.6 is 12.2 Å². The summed E-state index contributed by atoms with van der Waals surface area (Å²) in [6, 6.07) is 7.12. The van der Waals surface area contributed by atoms with Crippen molar-refractivity contribution in [2.75, 3.05) is 32.2 Å². The number of carbonyl (C=O) groups excluding carboxylic acids is 2. The van der Waals surface area contributed by atoms with Gasteiger partial charge in [-0.05, 0) is 49.0 Å². The molecule has 8 heteroatoms. The van der Waals surface area contributed by atoms with Gasteiger partial charge < -0.3 is 24.8 Å². The average molecular weight is 380 g/mol. The lowest BCUT2D eigenvalue weighted by molar-refractivity contribution is -0.146. The molecule has 0 saturated heterocycles. The van der Waals surface area contributed by atoms with Gasteiger partial charge in [-0.25, -0.2) is 0 Å². The molecule has 0 aromatic heterocycles. The molecule has 142 valence electrons. The molecule has 1 amide bonds. The van der Waals surface area contributed by atoms with E-state index in [4.69, 9.17) is 26.4 Å². The van der Waals surface area contributed by atoms with Crippen LogP contribution in [0.3, 0.4) is 0 Å². The van der Waals surface area contributed by atoms with E-state index in [2.05, 4.69) is 17.2 Å². The molecule has 1 aromatic rings. The van der Waals surface area contributed by atoms with E-state index in [-0.39, 0.29) is 30.5 Å². The van der Waals surface area contributed by atoms with Crippen LogP contribution in [-0.4, -0.2) is 43.9 Å². The highest BCUT2D eigenvalue weighted by Crippen LogP contribution is 2.16. The first-order chi connectivity index (χ1) is 12.4.